The summed E-state index contributed by atoms with van der Waals surface area (Å²) in [6, 6.07) is 0. The van der Waals surface area contributed by atoms with Crippen LogP contribution in [0.4, 0.5) is 0 Å². The Balaban J connectivity index is 0. The highest BCUT2D eigenvalue weighted by molar-refractivity contribution is 7.85. The van der Waals surface area contributed by atoms with E-state index in [1.54, 1.807) is 14.0 Å². The number of rotatable bonds is 2. The van der Waals surface area contributed by atoms with Crippen molar-refractivity contribution in [3.05, 3.63) is 0 Å². The second kappa shape index (κ2) is 6.53. The normalized spacial score (nSPS) is 13.2. The van der Waals surface area contributed by atoms with E-state index in [-0.39, 0.29) is 6.10 Å². The molecule has 0 fully saturated rings. The van der Waals surface area contributed by atoms with Gasteiger partial charge in [-0.05, 0) is 6.92 Å². The number of aliphatic hydroxyl groups is 1. The van der Waals surface area contributed by atoms with E-state index >= 15 is 0 Å². The molecule has 0 rings (SSSR count). The molecule has 0 aromatic rings. The first-order valence-corrected chi connectivity index (χ1v) is 4.71. The number of methoxy groups -OCH3 is 1. The molecule has 70 valence electrons. The van der Waals surface area contributed by atoms with Crippen LogP contribution >= 0.6 is 0 Å². The predicted molar refractivity (Wildman–Crippen MR) is 41.0 cm³/mol. The van der Waals surface area contributed by atoms with E-state index < -0.39 is 10.1 Å². The zero-order valence-electron chi connectivity index (χ0n) is 6.81. The average Bonchev–Trinajstić information content (AvgIpc) is 1.58. The van der Waals surface area contributed by atoms with Crippen LogP contribution in [-0.2, 0) is 14.9 Å². The Labute approximate surface area is 66.7 Å². The summed E-state index contributed by atoms with van der Waals surface area (Å²) in [5.41, 5.74) is 0. The smallest absolute Gasteiger partial charge is 0.261 e. The van der Waals surface area contributed by atoms with Crippen molar-refractivity contribution in [2.75, 3.05) is 20.0 Å². The molecule has 0 amide bonds. The van der Waals surface area contributed by atoms with Gasteiger partial charge in [-0.1, -0.05) is 0 Å². The second-order valence-electron chi connectivity index (χ2n) is 2.04. The minimum atomic E-state index is -3.67. The molecule has 2 N–H and O–H groups in total. The third kappa shape index (κ3) is 75.2. The zero-order chi connectivity index (χ0) is 9.49. The first kappa shape index (κ1) is 13.4. The lowest BCUT2D eigenvalue weighted by molar-refractivity contribution is 0.0765. The van der Waals surface area contributed by atoms with Crippen LogP contribution < -0.4 is 0 Å². The fraction of sp³-hybridized carbons (Fsp3) is 1.00. The van der Waals surface area contributed by atoms with Crippen molar-refractivity contribution in [3.8, 4) is 0 Å². The van der Waals surface area contributed by atoms with Gasteiger partial charge in [0.2, 0.25) is 0 Å². The van der Waals surface area contributed by atoms with Crippen LogP contribution in [0.25, 0.3) is 0 Å². The molecule has 0 saturated heterocycles. The van der Waals surface area contributed by atoms with E-state index in [4.69, 9.17) is 9.66 Å². The van der Waals surface area contributed by atoms with Gasteiger partial charge in [-0.2, -0.15) is 8.42 Å². The maximum absolute atomic E-state index is 9.19. The van der Waals surface area contributed by atoms with E-state index in [0.717, 1.165) is 0 Å². The van der Waals surface area contributed by atoms with Crippen molar-refractivity contribution in [1.82, 2.24) is 0 Å². The molecular weight excluding hydrogens is 172 g/mol. The summed E-state index contributed by atoms with van der Waals surface area (Å²) < 4.78 is 30.4. The lowest BCUT2D eigenvalue weighted by Gasteiger charge is -1.97. The summed E-state index contributed by atoms with van der Waals surface area (Å²) in [4.78, 5) is 0. The predicted octanol–water partition coefficient (Wildman–Crippen LogP) is -0.482. The largest absolute Gasteiger partial charge is 0.391 e. The minimum Gasteiger partial charge on any atom is -0.391 e. The van der Waals surface area contributed by atoms with Gasteiger partial charge in [-0.15, -0.1) is 0 Å². The van der Waals surface area contributed by atoms with E-state index in [0.29, 0.717) is 12.9 Å². The monoisotopic (exact) mass is 186 g/mol. The number of hydrogen-bond donors (Lipinski definition) is 2. The number of aliphatic hydroxyl groups excluding tert-OH is 1. The third-order valence-corrected chi connectivity index (χ3v) is 0.408. The van der Waals surface area contributed by atoms with E-state index in [9.17, 15) is 8.42 Å². The maximum atomic E-state index is 9.19. The summed E-state index contributed by atoms with van der Waals surface area (Å²) in [7, 11) is -2.10. The molecule has 1 unspecified atom stereocenters. The number of ether oxygens (including phenoxy) is 1. The van der Waals surface area contributed by atoms with Crippen molar-refractivity contribution < 1.29 is 22.8 Å². The van der Waals surface area contributed by atoms with E-state index in [2.05, 4.69) is 4.74 Å². The van der Waals surface area contributed by atoms with Gasteiger partial charge in [0, 0.05) is 7.11 Å². The molecule has 1 atom stereocenters. The van der Waals surface area contributed by atoms with Crippen molar-refractivity contribution in [2.45, 2.75) is 13.0 Å². The van der Waals surface area contributed by atoms with Crippen LogP contribution in [-0.4, -0.2) is 44.2 Å². The van der Waals surface area contributed by atoms with Gasteiger partial charge in [-0.25, -0.2) is 0 Å². The summed E-state index contributed by atoms with van der Waals surface area (Å²) in [5, 5.41) is 8.43. The highest BCUT2D eigenvalue weighted by Crippen LogP contribution is 1.75. The van der Waals surface area contributed by atoms with Crippen molar-refractivity contribution >= 4 is 10.1 Å². The average molecular weight is 186 g/mol. The maximum Gasteiger partial charge on any atom is 0.261 e. The molecule has 0 heterocycles. The highest BCUT2D eigenvalue weighted by atomic mass is 32.2. The number of hydrogen-bond acceptors (Lipinski definition) is 4. The molecule has 0 aromatic heterocycles. The summed E-state index contributed by atoms with van der Waals surface area (Å²) >= 11 is 0. The second-order valence-corrected chi connectivity index (χ2v) is 3.50. The lowest BCUT2D eigenvalue weighted by atomic mass is 10.5. The molecule has 0 bridgehead atoms. The summed E-state index contributed by atoms with van der Waals surface area (Å²) in [6.07, 6.45) is 0.391. The first-order chi connectivity index (χ1) is 4.77. The van der Waals surface area contributed by atoms with Crippen molar-refractivity contribution in [2.24, 2.45) is 0 Å². The zero-order valence-corrected chi connectivity index (χ0v) is 7.63. The van der Waals surface area contributed by atoms with Crippen LogP contribution in [0.2, 0.25) is 0 Å². The van der Waals surface area contributed by atoms with Crippen LogP contribution in [0.15, 0.2) is 0 Å². The van der Waals surface area contributed by atoms with E-state index in [1.807, 2.05) is 0 Å². The Morgan fingerprint density at radius 1 is 1.55 bits per heavy atom. The standard InChI is InChI=1S/C4H10O2.CH4O3S/c1-4(5)3-6-2;1-5(2,3)4/h4-5H,3H2,1-2H3;1H3,(H,2,3,4). The lowest BCUT2D eigenvalue weighted by Crippen LogP contribution is -2.07. The minimum absolute atomic E-state index is 0.324. The Bertz CT molecular complexity index is 152. The van der Waals surface area contributed by atoms with Crippen LogP contribution in [0.5, 0.6) is 0 Å². The van der Waals surface area contributed by atoms with Gasteiger partial charge < -0.3 is 9.84 Å². The van der Waals surface area contributed by atoms with Crippen molar-refractivity contribution in [3.63, 3.8) is 0 Å². The molecule has 11 heavy (non-hydrogen) atoms. The van der Waals surface area contributed by atoms with Gasteiger partial charge in [-0.3, -0.25) is 4.55 Å². The first-order valence-electron chi connectivity index (χ1n) is 2.86. The molecule has 0 aliphatic heterocycles. The fourth-order valence-corrected chi connectivity index (χ4v) is 0.241. The molecule has 0 spiro atoms. The van der Waals surface area contributed by atoms with Gasteiger partial charge >= 0.3 is 0 Å². The Morgan fingerprint density at radius 3 is 1.82 bits per heavy atom. The summed E-state index contributed by atoms with van der Waals surface area (Å²) in [6.45, 7) is 2.11. The fourth-order valence-electron chi connectivity index (χ4n) is 0.241. The van der Waals surface area contributed by atoms with Crippen LogP contribution in [0.3, 0.4) is 0 Å². The molecule has 0 saturated carbocycles. The Morgan fingerprint density at radius 2 is 1.82 bits per heavy atom. The van der Waals surface area contributed by atoms with Crippen LogP contribution in [0, 0.1) is 0 Å². The topological polar surface area (TPSA) is 83.8 Å². The molecular formula is C5H14O5S. The molecule has 6 heteroatoms. The molecule has 5 nitrogen and oxygen atoms in total. The van der Waals surface area contributed by atoms with Gasteiger partial charge in [0.25, 0.3) is 10.1 Å². The third-order valence-electron chi connectivity index (χ3n) is 0.408. The quantitative estimate of drug-likeness (QED) is 0.569. The molecule has 0 aromatic carbocycles. The highest BCUT2D eigenvalue weighted by Gasteiger charge is 1.87. The summed E-state index contributed by atoms with van der Waals surface area (Å²) in [5.74, 6) is 0. The van der Waals surface area contributed by atoms with E-state index in [1.165, 1.54) is 0 Å². The van der Waals surface area contributed by atoms with Crippen molar-refractivity contribution in [1.29, 1.82) is 0 Å². The van der Waals surface area contributed by atoms with Crippen LogP contribution in [0.1, 0.15) is 6.92 Å². The Kier molecular flexibility index (Phi) is 7.97. The molecule has 0 radical (unpaired) electrons. The van der Waals surface area contributed by atoms with Gasteiger partial charge in [0.15, 0.2) is 0 Å². The van der Waals surface area contributed by atoms with Gasteiger partial charge in [0.1, 0.15) is 0 Å². The molecule has 0 aliphatic rings. The Hall–Kier alpha value is -0.170. The SMILES string of the molecule is COCC(C)O.CS(=O)(=O)O. The van der Waals surface area contributed by atoms with Gasteiger partial charge in [0.05, 0.1) is 19.0 Å². The molecule has 0 aliphatic carbocycles.